The molecule has 0 bridgehead atoms. The van der Waals surface area contributed by atoms with Gasteiger partial charge < -0.3 is 5.32 Å². The minimum absolute atomic E-state index is 0.640. The molecule has 0 radical (unpaired) electrons. The van der Waals surface area contributed by atoms with Gasteiger partial charge in [0.25, 0.3) is 0 Å². The van der Waals surface area contributed by atoms with Gasteiger partial charge in [0, 0.05) is 6.04 Å². The summed E-state index contributed by atoms with van der Waals surface area (Å²) in [5, 5.41) is 3.58. The number of benzene rings is 1. The van der Waals surface area contributed by atoms with Crippen LogP contribution in [0.5, 0.6) is 0 Å². The standard InChI is InChI=1S/C16H27N/c1-6-17-16(12(2)3)8-7-15-10-13(4)9-14(5)11-15/h9-12,16-17H,6-8H2,1-5H3. The first-order chi connectivity index (χ1) is 8.02. The lowest BCUT2D eigenvalue weighted by atomic mass is 9.95. The summed E-state index contributed by atoms with van der Waals surface area (Å²) in [5.74, 6) is 0.709. The summed E-state index contributed by atoms with van der Waals surface area (Å²) in [6.45, 7) is 12.2. The van der Waals surface area contributed by atoms with Gasteiger partial charge in [0.15, 0.2) is 0 Å². The highest BCUT2D eigenvalue weighted by Gasteiger charge is 2.11. The maximum atomic E-state index is 3.58. The highest BCUT2D eigenvalue weighted by molar-refractivity contribution is 5.28. The van der Waals surface area contributed by atoms with Gasteiger partial charge in [0.1, 0.15) is 0 Å². The largest absolute Gasteiger partial charge is 0.314 e. The smallest absolute Gasteiger partial charge is 0.00931 e. The average Bonchev–Trinajstić information content (AvgIpc) is 2.22. The summed E-state index contributed by atoms with van der Waals surface area (Å²) in [5.41, 5.74) is 4.24. The molecule has 0 aliphatic rings. The van der Waals surface area contributed by atoms with Crippen molar-refractivity contribution < 1.29 is 0 Å². The molecule has 1 aromatic rings. The summed E-state index contributed by atoms with van der Waals surface area (Å²) >= 11 is 0. The fourth-order valence-electron chi connectivity index (χ4n) is 2.47. The number of rotatable bonds is 6. The zero-order chi connectivity index (χ0) is 12.8. The lowest BCUT2D eigenvalue weighted by Gasteiger charge is -2.21. The SMILES string of the molecule is CCNC(CCc1cc(C)cc(C)c1)C(C)C. The molecule has 0 heterocycles. The van der Waals surface area contributed by atoms with E-state index >= 15 is 0 Å². The Labute approximate surface area is 107 Å². The summed E-state index contributed by atoms with van der Waals surface area (Å²) in [4.78, 5) is 0. The monoisotopic (exact) mass is 233 g/mol. The Bertz CT molecular complexity index is 321. The Morgan fingerprint density at radius 2 is 1.65 bits per heavy atom. The Hall–Kier alpha value is -0.820. The molecule has 1 nitrogen and oxygen atoms in total. The van der Waals surface area contributed by atoms with Gasteiger partial charge in [-0.2, -0.15) is 0 Å². The molecule has 0 aliphatic carbocycles. The first kappa shape index (κ1) is 14.2. The number of aryl methyl sites for hydroxylation is 3. The predicted molar refractivity (Wildman–Crippen MR) is 76.5 cm³/mol. The van der Waals surface area contributed by atoms with Crippen molar-refractivity contribution in [2.45, 2.75) is 53.5 Å². The molecule has 0 aliphatic heterocycles. The van der Waals surface area contributed by atoms with Crippen LogP contribution in [0, 0.1) is 19.8 Å². The molecular weight excluding hydrogens is 206 g/mol. The average molecular weight is 233 g/mol. The normalized spacial score (nSPS) is 13.1. The van der Waals surface area contributed by atoms with Gasteiger partial charge in [-0.05, 0) is 44.7 Å². The molecule has 17 heavy (non-hydrogen) atoms. The molecule has 1 aromatic carbocycles. The van der Waals surface area contributed by atoms with Gasteiger partial charge in [-0.25, -0.2) is 0 Å². The van der Waals surface area contributed by atoms with E-state index in [-0.39, 0.29) is 0 Å². The zero-order valence-electron chi connectivity index (χ0n) is 12.0. The van der Waals surface area contributed by atoms with Crippen LogP contribution in [0.15, 0.2) is 18.2 Å². The van der Waals surface area contributed by atoms with E-state index < -0.39 is 0 Å². The van der Waals surface area contributed by atoms with Gasteiger partial charge >= 0.3 is 0 Å². The quantitative estimate of drug-likeness (QED) is 0.786. The number of hydrogen-bond acceptors (Lipinski definition) is 1. The van der Waals surface area contributed by atoms with Crippen molar-refractivity contribution >= 4 is 0 Å². The van der Waals surface area contributed by atoms with Crippen molar-refractivity contribution in [3.63, 3.8) is 0 Å². The van der Waals surface area contributed by atoms with Crippen LogP contribution in [-0.4, -0.2) is 12.6 Å². The van der Waals surface area contributed by atoms with Crippen LogP contribution in [0.4, 0.5) is 0 Å². The van der Waals surface area contributed by atoms with E-state index in [0.717, 1.165) is 6.54 Å². The molecule has 0 spiro atoms. The molecule has 1 N–H and O–H groups in total. The second kappa shape index (κ2) is 6.80. The van der Waals surface area contributed by atoms with E-state index in [2.05, 4.69) is 58.1 Å². The molecule has 1 atom stereocenters. The Morgan fingerprint density at radius 3 is 2.12 bits per heavy atom. The Morgan fingerprint density at radius 1 is 1.06 bits per heavy atom. The highest BCUT2D eigenvalue weighted by atomic mass is 14.9. The van der Waals surface area contributed by atoms with E-state index in [1.165, 1.54) is 29.5 Å². The fraction of sp³-hybridized carbons (Fsp3) is 0.625. The Balaban J connectivity index is 2.58. The van der Waals surface area contributed by atoms with Crippen molar-refractivity contribution in [3.05, 3.63) is 34.9 Å². The first-order valence-corrected chi connectivity index (χ1v) is 6.83. The van der Waals surface area contributed by atoms with Crippen molar-refractivity contribution in [2.24, 2.45) is 5.92 Å². The van der Waals surface area contributed by atoms with Gasteiger partial charge in [0.05, 0.1) is 0 Å². The van der Waals surface area contributed by atoms with E-state index in [0.29, 0.717) is 12.0 Å². The molecule has 0 fully saturated rings. The van der Waals surface area contributed by atoms with Gasteiger partial charge in [-0.1, -0.05) is 50.1 Å². The Kier molecular flexibility index (Phi) is 5.70. The van der Waals surface area contributed by atoms with E-state index in [4.69, 9.17) is 0 Å². The van der Waals surface area contributed by atoms with Crippen LogP contribution in [-0.2, 0) is 6.42 Å². The molecule has 1 rings (SSSR count). The number of nitrogens with one attached hydrogen (secondary N) is 1. The minimum Gasteiger partial charge on any atom is -0.314 e. The molecule has 0 amide bonds. The third-order valence-electron chi connectivity index (χ3n) is 3.30. The van der Waals surface area contributed by atoms with Crippen molar-refractivity contribution in [1.29, 1.82) is 0 Å². The molecule has 96 valence electrons. The molecule has 1 unspecified atom stereocenters. The summed E-state index contributed by atoms with van der Waals surface area (Å²) < 4.78 is 0. The van der Waals surface area contributed by atoms with Crippen molar-refractivity contribution in [1.82, 2.24) is 5.32 Å². The van der Waals surface area contributed by atoms with Crippen molar-refractivity contribution in [2.75, 3.05) is 6.54 Å². The van der Waals surface area contributed by atoms with Crippen molar-refractivity contribution in [3.8, 4) is 0 Å². The van der Waals surface area contributed by atoms with Crippen LogP contribution >= 0.6 is 0 Å². The molecule has 0 saturated carbocycles. The summed E-state index contributed by atoms with van der Waals surface area (Å²) in [6, 6.07) is 7.52. The van der Waals surface area contributed by atoms with Gasteiger partial charge in [-0.15, -0.1) is 0 Å². The maximum absolute atomic E-state index is 3.58. The zero-order valence-corrected chi connectivity index (χ0v) is 12.0. The first-order valence-electron chi connectivity index (χ1n) is 6.83. The second-order valence-corrected chi connectivity index (χ2v) is 5.44. The van der Waals surface area contributed by atoms with Crippen LogP contribution in [0.3, 0.4) is 0 Å². The third-order valence-corrected chi connectivity index (χ3v) is 3.30. The van der Waals surface area contributed by atoms with Gasteiger partial charge in [0.2, 0.25) is 0 Å². The lowest BCUT2D eigenvalue weighted by Crippen LogP contribution is -2.34. The van der Waals surface area contributed by atoms with Crippen LogP contribution in [0.25, 0.3) is 0 Å². The third kappa shape index (κ3) is 4.91. The minimum atomic E-state index is 0.640. The lowest BCUT2D eigenvalue weighted by molar-refractivity contribution is 0.385. The van der Waals surface area contributed by atoms with Gasteiger partial charge in [-0.3, -0.25) is 0 Å². The predicted octanol–water partition coefficient (Wildman–Crippen LogP) is 3.87. The van der Waals surface area contributed by atoms with Crippen LogP contribution in [0.2, 0.25) is 0 Å². The van der Waals surface area contributed by atoms with E-state index in [1.807, 2.05) is 0 Å². The molecule has 0 aromatic heterocycles. The van der Waals surface area contributed by atoms with E-state index in [9.17, 15) is 0 Å². The second-order valence-electron chi connectivity index (χ2n) is 5.44. The highest BCUT2D eigenvalue weighted by Crippen LogP contribution is 2.14. The topological polar surface area (TPSA) is 12.0 Å². The van der Waals surface area contributed by atoms with E-state index in [1.54, 1.807) is 0 Å². The fourth-order valence-corrected chi connectivity index (χ4v) is 2.47. The number of hydrogen-bond donors (Lipinski definition) is 1. The summed E-state index contributed by atoms with van der Waals surface area (Å²) in [7, 11) is 0. The molecular formula is C16H27N. The molecule has 0 saturated heterocycles. The molecule has 1 heteroatoms. The van der Waals surface area contributed by atoms with Crippen LogP contribution in [0.1, 0.15) is 43.9 Å². The van der Waals surface area contributed by atoms with Crippen LogP contribution < -0.4 is 5.32 Å². The maximum Gasteiger partial charge on any atom is 0.00931 e. The summed E-state index contributed by atoms with van der Waals surface area (Å²) in [6.07, 6.45) is 2.41.